The van der Waals surface area contributed by atoms with Gasteiger partial charge in [0.2, 0.25) is 18.6 Å². The number of nitrogens with zero attached hydrogens (tertiary/aromatic N) is 2. The fourth-order valence-corrected chi connectivity index (χ4v) is 2.82. The predicted molar refractivity (Wildman–Crippen MR) is 95.9 cm³/mol. The van der Waals surface area contributed by atoms with E-state index in [0.29, 0.717) is 17.1 Å². The molecule has 3 aromatic rings. The van der Waals surface area contributed by atoms with Crippen LogP contribution in [0.15, 0.2) is 40.8 Å². The highest BCUT2D eigenvalue weighted by Crippen LogP contribution is 2.35. The van der Waals surface area contributed by atoms with Gasteiger partial charge >= 0.3 is 6.01 Å². The first-order valence-electron chi connectivity index (χ1n) is 8.29. The average Bonchev–Trinajstić information content (AvgIpc) is 3.30. The Morgan fingerprint density at radius 3 is 2.81 bits per heavy atom. The van der Waals surface area contributed by atoms with E-state index < -0.39 is 0 Å². The van der Waals surface area contributed by atoms with Gasteiger partial charge in [0, 0.05) is 5.56 Å². The van der Waals surface area contributed by atoms with Crippen molar-refractivity contribution in [2.24, 2.45) is 0 Å². The topological polar surface area (TPSA) is 95.7 Å². The summed E-state index contributed by atoms with van der Waals surface area (Å²) in [6.45, 7) is 2.12. The molecule has 1 aromatic heterocycles. The summed E-state index contributed by atoms with van der Waals surface area (Å²) in [5.74, 6) is 2.10. The predicted octanol–water partition coefficient (Wildman–Crippen LogP) is 2.96. The van der Waals surface area contributed by atoms with E-state index in [1.807, 2.05) is 25.1 Å². The summed E-state index contributed by atoms with van der Waals surface area (Å²) in [4.78, 5) is 12.2. The zero-order chi connectivity index (χ0) is 18.8. The van der Waals surface area contributed by atoms with Gasteiger partial charge in [0.25, 0.3) is 0 Å². The largest absolute Gasteiger partial charge is 0.496 e. The number of ether oxygens (including phenoxy) is 3. The molecular weight excluding hydrogens is 350 g/mol. The zero-order valence-electron chi connectivity index (χ0n) is 14.8. The number of aryl methyl sites for hydroxylation is 1. The molecule has 27 heavy (non-hydrogen) atoms. The van der Waals surface area contributed by atoms with Gasteiger partial charge in [-0.3, -0.25) is 10.1 Å². The molecule has 0 bridgehead atoms. The van der Waals surface area contributed by atoms with E-state index in [2.05, 4.69) is 15.5 Å². The maximum atomic E-state index is 12.2. The molecule has 1 N–H and O–H groups in total. The minimum Gasteiger partial charge on any atom is -0.496 e. The molecule has 4 rings (SSSR count). The number of rotatable bonds is 5. The van der Waals surface area contributed by atoms with E-state index in [4.69, 9.17) is 18.6 Å². The van der Waals surface area contributed by atoms with Crippen LogP contribution in [-0.4, -0.2) is 30.0 Å². The van der Waals surface area contributed by atoms with Crippen LogP contribution in [0, 0.1) is 6.92 Å². The molecule has 0 spiro atoms. The van der Waals surface area contributed by atoms with Crippen LogP contribution >= 0.6 is 0 Å². The van der Waals surface area contributed by atoms with Crippen LogP contribution in [0.1, 0.15) is 11.1 Å². The smallest absolute Gasteiger partial charge is 0.322 e. The third kappa shape index (κ3) is 3.55. The van der Waals surface area contributed by atoms with Gasteiger partial charge < -0.3 is 18.6 Å². The quantitative estimate of drug-likeness (QED) is 0.740. The monoisotopic (exact) mass is 367 g/mol. The number of benzene rings is 2. The summed E-state index contributed by atoms with van der Waals surface area (Å²) in [5, 5.41) is 10.5. The maximum Gasteiger partial charge on any atom is 0.322 e. The Balaban J connectivity index is 1.43. The summed E-state index contributed by atoms with van der Waals surface area (Å²) in [5.41, 5.74) is 2.50. The molecule has 0 radical (unpaired) electrons. The third-order valence-corrected chi connectivity index (χ3v) is 4.11. The van der Waals surface area contributed by atoms with Gasteiger partial charge in [0.15, 0.2) is 11.5 Å². The van der Waals surface area contributed by atoms with Gasteiger partial charge in [-0.25, -0.2) is 0 Å². The molecule has 0 saturated carbocycles. The normalized spacial score (nSPS) is 12.1. The third-order valence-electron chi connectivity index (χ3n) is 4.11. The van der Waals surface area contributed by atoms with E-state index in [0.717, 1.165) is 16.9 Å². The summed E-state index contributed by atoms with van der Waals surface area (Å²) < 4.78 is 21.4. The lowest BCUT2D eigenvalue weighted by Crippen LogP contribution is -2.14. The molecule has 1 amide bonds. The number of fused-ring (bicyclic) bond motifs is 1. The number of carbonyl (C=O) groups excluding carboxylic acids is 1. The number of aromatic nitrogens is 2. The Morgan fingerprint density at radius 2 is 2.00 bits per heavy atom. The number of methoxy groups -OCH3 is 1. The van der Waals surface area contributed by atoms with Crippen molar-refractivity contribution in [3.63, 3.8) is 0 Å². The second-order valence-corrected chi connectivity index (χ2v) is 6.01. The molecule has 0 saturated heterocycles. The molecule has 2 aromatic carbocycles. The highest BCUT2D eigenvalue weighted by atomic mass is 16.7. The standard InChI is InChI=1S/C19H17N3O5/c1-11-7-12(3-5-14(11)24-2)8-17(23)20-19-22-21-18(27-19)13-4-6-15-16(9-13)26-10-25-15/h3-7,9H,8,10H2,1-2H3,(H,20,22,23). The Bertz CT molecular complexity index is 999. The summed E-state index contributed by atoms with van der Waals surface area (Å²) in [6, 6.07) is 10.9. The number of carbonyl (C=O) groups is 1. The van der Waals surface area contributed by atoms with Gasteiger partial charge in [-0.1, -0.05) is 17.2 Å². The van der Waals surface area contributed by atoms with Gasteiger partial charge in [-0.05, 0) is 42.3 Å². The molecule has 0 aliphatic carbocycles. The number of hydrogen-bond acceptors (Lipinski definition) is 7. The number of hydrogen-bond donors (Lipinski definition) is 1. The van der Waals surface area contributed by atoms with Crippen LogP contribution in [-0.2, 0) is 11.2 Å². The van der Waals surface area contributed by atoms with Crippen LogP contribution in [0.25, 0.3) is 11.5 Å². The average molecular weight is 367 g/mol. The highest BCUT2D eigenvalue weighted by Gasteiger charge is 2.17. The van der Waals surface area contributed by atoms with Gasteiger partial charge in [0.05, 0.1) is 13.5 Å². The van der Waals surface area contributed by atoms with Crippen molar-refractivity contribution in [2.75, 3.05) is 19.2 Å². The first-order chi connectivity index (χ1) is 13.1. The Hall–Kier alpha value is -3.55. The fourth-order valence-electron chi connectivity index (χ4n) is 2.82. The van der Waals surface area contributed by atoms with E-state index >= 15 is 0 Å². The molecule has 8 nitrogen and oxygen atoms in total. The lowest BCUT2D eigenvalue weighted by molar-refractivity contribution is -0.115. The summed E-state index contributed by atoms with van der Waals surface area (Å²) in [6.07, 6.45) is 0.187. The summed E-state index contributed by atoms with van der Waals surface area (Å²) >= 11 is 0. The van der Waals surface area contributed by atoms with E-state index in [-0.39, 0.29) is 31.0 Å². The van der Waals surface area contributed by atoms with Crippen molar-refractivity contribution < 1.29 is 23.4 Å². The van der Waals surface area contributed by atoms with Crippen molar-refractivity contribution in [1.29, 1.82) is 0 Å². The van der Waals surface area contributed by atoms with Crippen molar-refractivity contribution in [1.82, 2.24) is 10.2 Å². The lowest BCUT2D eigenvalue weighted by atomic mass is 10.1. The van der Waals surface area contributed by atoms with Crippen LogP contribution in [0.3, 0.4) is 0 Å². The van der Waals surface area contributed by atoms with E-state index in [1.54, 1.807) is 25.3 Å². The minimum absolute atomic E-state index is 0.0397. The molecule has 0 atom stereocenters. The molecule has 1 aliphatic rings. The van der Waals surface area contributed by atoms with Crippen LogP contribution < -0.4 is 19.5 Å². The molecule has 1 aliphatic heterocycles. The van der Waals surface area contributed by atoms with Gasteiger partial charge in [0.1, 0.15) is 5.75 Å². The summed E-state index contributed by atoms with van der Waals surface area (Å²) in [7, 11) is 1.61. The Labute approximate surface area is 155 Å². The SMILES string of the molecule is COc1ccc(CC(=O)Nc2nnc(-c3ccc4c(c3)OCO4)o2)cc1C. The zero-order valence-corrected chi connectivity index (χ0v) is 14.8. The molecule has 8 heteroatoms. The first kappa shape index (κ1) is 16.9. The van der Waals surface area contributed by atoms with E-state index in [1.165, 1.54) is 0 Å². The van der Waals surface area contributed by atoms with Gasteiger partial charge in [-0.15, -0.1) is 5.10 Å². The van der Waals surface area contributed by atoms with Crippen molar-refractivity contribution in [3.05, 3.63) is 47.5 Å². The van der Waals surface area contributed by atoms with Gasteiger partial charge in [-0.2, -0.15) is 0 Å². The van der Waals surface area contributed by atoms with Crippen LogP contribution in [0.4, 0.5) is 6.01 Å². The lowest BCUT2D eigenvalue weighted by Gasteiger charge is -2.07. The molecule has 2 heterocycles. The van der Waals surface area contributed by atoms with Crippen molar-refractivity contribution in [3.8, 4) is 28.7 Å². The van der Waals surface area contributed by atoms with Crippen LogP contribution in [0.2, 0.25) is 0 Å². The molecule has 138 valence electrons. The fraction of sp³-hybridized carbons (Fsp3) is 0.211. The van der Waals surface area contributed by atoms with E-state index in [9.17, 15) is 4.79 Å². The van der Waals surface area contributed by atoms with Crippen LogP contribution in [0.5, 0.6) is 17.2 Å². The number of anilines is 1. The van der Waals surface area contributed by atoms with Crippen molar-refractivity contribution >= 4 is 11.9 Å². The Morgan fingerprint density at radius 1 is 1.15 bits per heavy atom. The maximum absolute atomic E-state index is 12.2. The van der Waals surface area contributed by atoms with Crippen molar-refractivity contribution in [2.45, 2.75) is 13.3 Å². The molecular formula is C19H17N3O5. The minimum atomic E-state index is -0.250. The second kappa shape index (κ2) is 6.99. The first-order valence-corrected chi connectivity index (χ1v) is 8.29. The number of amides is 1. The Kier molecular flexibility index (Phi) is 4.37. The molecule has 0 unspecified atom stereocenters. The highest BCUT2D eigenvalue weighted by molar-refractivity contribution is 5.90. The number of nitrogens with one attached hydrogen (secondary N) is 1. The molecule has 0 fully saturated rings. The second-order valence-electron chi connectivity index (χ2n) is 6.01.